The quantitative estimate of drug-likeness (QED) is 0.231. The first kappa shape index (κ1) is 25.8. The van der Waals surface area contributed by atoms with Gasteiger partial charge in [-0.2, -0.15) is 11.8 Å². The van der Waals surface area contributed by atoms with Crippen LogP contribution in [0.4, 0.5) is 0 Å². The highest BCUT2D eigenvalue weighted by Gasteiger charge is 2.24. The van der Waals surface area contributed by atoms with Gasteiger partial charge in [0.1, 0.15) is 0 Å². The van der Waals surface area contributed by atoms with Gasteiger partial charge >= 0.3 is 5.97 Å². The molecule has 1 heterocycles. The maximum Gasteiger partial charge on any atom is 0.307 e. The Bertz CT molecular complexity index is 365. The van der Waals surface area contributed by atoms with E-state index in [4.69, 9.17) is 5.11 Å². The van der Waals surface area contributed by atoms with Gasteiger partial charge in [0.25, 0.3) is 0 Å². The Hall–Kier alpha value is -0.220. The molecular weight excluding hydrogens is 366 g/mol. The Kier molecular flexibility index (Phi) is 17.3. The Morgan fingerprint density at radius 3 is 1.93 bits per heavy atom. The summed E-state index contributed by atoms with van der Waals surface area (Å²) >= 11 is 2.05. The molecule has 4 heteroatoms. The number of carboxylic acid groups (broad SMARTS) is 1. The van der Waals surface area contributed by atoms with Gasteiger partial charge in [-0.15, -0.1) is 0 Å². The number of nitrogens with zero attached hydrogens (tertiary/aromatic N) is 1. The molecule has 0 saturated carbocycles. The summed E-state index contributed by atoms with van der Waals surface area (Å²) in [6.45, 7) is 5.19. The highest BCUT2D eigenvalue weighted by atomic mass is 32.2. The molecule has 1 fully saturated rings. The minimum atomic E-state index is -0.611. The smallest absolute Gasteiger partial charge is 0.307 e. The van der Waals surface area contributed by atoms with Crippen LogP contribution in [-0.4, -0.2) is 47.1 Å². The first-order valence-corrected chi connectivity index (χ1v) is 13.4. The van der Waals surface area contributed by atoms with Crippen molar-refractivity contribution in [3.8, 4) is 0 Å². The van der Waals surface area contributed by atoms with Gasteiger partial charge in [-0.3, -0.25) is 4.79 Å². The van der Waals surface area contributed by atoms with Crippen molar-refractivity contribution < 1.29 is 9.90 Å². The van der Waals surface area contributed by atoms with Crippen LogP contribution >= 0.6 is 11.8 Å². The van der Waals surface area contributed by atoms with E-state index in [0.717, 1.165) is 38.2 Å². The van der Waals surface area contributed by atoms with Crippen LogP contribution in [0.3, 0.4) is 0 Å². The number of rotatable bonds is 19. The molecule has 1 saturated heterocycles. The number of unbranched alkanes of at least 4 members (excludes halogenated alkanes) is 13. The third kappa shape index (κ3) is 14.7. The molecule has 1 rings (SSSR count). The molecule has 0 spiro atoms. The average molecular weight is 414 g/mol. The lowest BCUT2D eigenvalue weighted by molar-refractivity contribution is -0.143. The van der Waals surface area contributed by atoms with E-state index in [1.54, 1.807) is 0 Å². The third-order valence-electron chi connectivity index (χ3n) is 6.05. The van der Waals surface area contributed by atoms with E-state index in [9.17, 15) is 4.79 Å². The molecule has 1 aliphatic rings. The molecule has 1 N–H and O–H groups in total. The first-order chi connectivity index (χ1) is 13.7. The zero-order chi connectivity index (χ0) is 20.3. The summed E-state index contributed by atoms with van der Waals surface area (Å²) in [5.74, 6) is 1.68. The molecule has 1 aliphatic heterocycles. The first-order valence-electron chi connectivity index (χ1n) is 12.3. The molecule has 0 aromatic carbocycles. The number of carboxylic acids is 1. The summed E-state index contributed by atoms with van der Waals surface area (Å²) in [7, 11) is 0. The van der Waals surface area contributed by atoms with Gasteiger partial charge < -0.3 is 10.0 Å². The standard InChI is InChI=1S/C24H47NO2S/c1-2-3-4-5-6-7-8-9-10-11-12-13-14-15-20-28-21-19-25-18-16-17-23(22-25)24(26)27/h23H,2-22H2,1H3,(H,26,27). The van der Waals surface area contributed by atoms with E-state index in [2.05, 4.69) is 23.6 Å². The summed E-state index contributed by atoms with van der Waals surface area (Å²) in [5.41, 5.74) is 0. The number of thioether (sulfide) groups is 1. The van der Waals surface area contributed by atoms with Crippen LogP contribution in [0, 0.1) is 5.92 Å². The lowest BCUT2D eigenvalue weighted by Crippen LogP contribution is -2.39. The molecule has 0 bridgehead atoms. The third-order valence-corrected chi connectivity index (χ3v) is 7.10. The normalized spacial score (nSPS) is 17.8. The molecule has 0 aliphatic carbocycles. The summed E-state index contributed by atoms with van der Waals surface area (Å²) in [6.07, 6.45) is 21.8. The van der Waals surface area contributed by atoms with Crippen LogP contribution in [0.5, 0.6) is 0 Å². The van der Waals surface area contributed by atoms with Gasteiger partial charge in [-0.05, 0) is 31.6 Å². The highest BCUT2D eigenvalue weighted by molar-refractivity contribution is 7.99. The fraction of sp³-hybridized carbons (Fsp3) is 0.958. The molecule has 0 amide bonds. The van der Waals surface area contributed by atoms with E-state index in [0.29, 0.717) is 0 Å². The molecule has 28 heavy (non-hydrogen) atoms. The Balaban J connectivity index is 1.75. The van der Waals surface area contributed by atoms with Crippen LogP contribution in [0.15, 0.2) is 0 Å². The largest absolute Gasteiger partial charge is 0.481 e. The van der Waals surface area contributed by atoms with Crippen LogP contribution < -0.4 is 0 Å². The Labute approximate surface area is 179 Å². The van der Waals surface area contributed by atoms with Crippen LogP contribution in [0.1, 0.15) is 110 Å². The van der Waals surface area contributed by atoms with Gasteiger partial charge in [0.2, 0.25) is 0 Å². The van der Waals surface area contributed by atoms with Crippen LogP contribution in [0.2, 0.25) is 0 Å². The van der Waals surface area contributed by atoms with E-state index >= 15 is 0 Å². The van der Waals surface area contributed by atoms with E-state index in [-0.39, 0.29) is 5.92 Å². The summed E-state index contributed by atoms with van der Waals surface area (Å²) < 4.78 is 0. The predicted octanol–water partition coefficient (Wildman–Crippen LogP) is 7.00. The fourth-order valence-corrected chi connectivity index (χ4v) is 5.15. The zero-order valence-electron chi connectivity index (χ0n) is 18.6. The summed E-state index contributed by atoms with van der Waals surface area (Å²) in [6, 6.07) is 0. The van der Waals surface area contributed by atoms with Crippen molar-refractivity contribution >= 4 is 17.7 Å². The van der Waals surface area contributed by atoms with E-state index < -0.39 is 5.97 Å². The van der Waals surface area contributed by atoms with Crippen molar-refractivity contribution in [2.75, 3.05) is 31.1 Å². The average Bonchev–Trinajstić information content (AvgIpc) is 2.70. The molecular formula is C24H47NO2S. The second kappa shape index (κ2) is 18.8. The topological polar surface area (TPSA) is 40.5 Å². The zero-order valence-corrected chi connectivity index (χ0v) is 19.5. The minimum absolute atomic E-state index is 0.135. The van der Waals surface area contributed by atoms with Crippen LogP contribution in [0.25, 0.3) is 0 Å². The predicted molar refractivity (Wildman–Crippen MR) is 124 cm³/mol. The number of likely N-dealkylation sites (tertiary alicyclic amines) is 1. The van der Waals surface area contributed by atoms with Crippen molar-refractivity contribution in [1.29, 1.82) is 0 Å². The molecule has 0 aromatic rings. The van der Waals surface area contributed by atoms with Gasteiger partial charge in [-0.25, -0.2) is 0 Å². The van der Waals surface area contributed by atoms with Gasteiger partial charge in [0.15, 0.2) is 0 Å². The molecule has 1 unspecified atom stereocenters. The lowest BCUT2D eigenvalue weighted by atomic mass is 9.98. The Morgan fingerprint density at radius 1 is 0.857 bits per heavy atom. The minimum Gasteiger partial charge on any atom is -0.481 e. The van der Waals surface area contributed by atoms with Gasteiger partial charge in [0.05, 0.1) is 5.92 Å². The Morgan fingerprint density at radius 2 is 1.39 bits per heavy atom. The molecule has 3 nitrogen and oxygen atoms in total. The fourth-order valence-electron chi connectivity index (χ4n) is 4.15. The molecule has 1 atom stereocenters. The maximum atomic E-state index is 11.1. The second-order valence-electron chi connectivity index (χ2n) is 8.69. The molecule has 166 valence electrons. The number of hydrogen-bond acceptors (Lipinski definition) is 3. The second-order valence-corrected chi connectivity index (χ2v) is 9.91. The monoisotopic (exact) mass is 413 g/mol. The van der Waals surface area contributed by atoms with E-state index in [1.807, 2.05) is 0 Å². The SMILES string of the molecule is CCCCCCCCCCCCCCCCSCCN1CCCC(C(=O)O)C1. The van der Waals surface area contributed by atoms with Gasteiger partial charge in [0, 0.05) is 18.8 Å². The van der Waals surface area contributed by atoms with Crippen molar-refractivity contribution in [1.82, 2.24) is 4.90 Å². The maximum absolute atomic E-state index is 11.1. The summed E-state index contributed by atoms with van der Waals surface area (Å²) in [5, 5.41) is 9.14. The molecule has 0 radical (unpaired) electrons. The number of hydrogen-bond donors (Lipinski definition) is 1. The lowest BCUT2D eigenvalue weighted by Gasteiger charge is -2.30. The number of piperidine rings is 1. The van der Waals surface area contributed by atoms with Crippen molar-refractivity contribution in [3.05, 3.63) is 0 Å². The van der Waals surface area contributed by atoms with Gasteiger partial charge in [-0.1, -0.05) is 90.4 Å². The van der Waals surface area contributed by atoms with Crippen molar-refractivity contribution in [2.24, 2.45) is 5.92 Å². The molecule has 0 aromatic heterocycles. The van der Waals surface area contributed by atoms with Crippen LogP contribution in [-0.2, 0) is 4.79 Å². The van der Waals surface area contributed by atoms with Crippen molar-refractivity contribution in [3.63, 3.8) is 0 Å². The highest BCUT2D eigenvalue weighted by Crippen LogP contribution is 2.18. The van der Waals surface area contributed by atoms with Crippen molar-refractivity contribution in [2.45, 2.75) is 110 Å². The number of aliphatic carboxylic acids is 1. The van der Waals surface area contributed by atoms with E-state index in [1.165, 1.54) is 95.6 Å². The summed E-state index contributed by atoms with van der Waals surface area (Å²) in [4.78, 5) is 13.4. The number of carbonyl (C=O) groups is 1.